The predicted molar refractivity (Wildman–Crippen MR) is 192 cm³/mol. The fourth-order valence-electron chi connectivity index (χ4n) is 5.61. The van der Waals surface area contributed by atoms with Crippen LogP contribution in [0.2, 0.25) is 0 Å². The molecule has 0 N–H and O–H groups in total. The third-order valence-electron chi connectivity index (χ3n) is 8.97. The SMILES string of the molecule is CCCCCCCCCCCCCCCCCc1ccc(-c2ccc(C(=O)Oc3ccc(C(=O)OCC(C)CC)cc3)cc2)cc1. The number of carbonyl (C=O) groups excluding carboxylic acids is 2. The highest BCUT2D eigenvalue weighted by Gasteiger charge is 2.12. The van der Waals surface area contributed by atoms with Crippen molar-refractivity contribution in [2.45, 2.75) is 130 Å². The van der Waals surface area contributed by atoms with Gasteiger partial charge in [0, 0.05) is 0 Å². The third kappa shape index (κ3) is 14.4. The molecule has 1 atom stereocenters. The second-order valence-corrected chi connectivity index (χ2v) is 13.0. The zero-order chi connectivity index (χ0) is 32.8. The van der Waals surface area contributed by atoms with E-state index >= 15 is 0 Å². The fraction of sp³-hybridized carbons (Fsp3) is 0.524. The lowest BCUT2D eigenvalue weighted by Crippen LogP contribution is -2.12. The number of esters is 2. The van der Waals surface area contributed by atoms with Gasteiger partial charge in [-0.3, -0.25) is 0 Å². The highest BCUT2D eigenvalue weighted by Crippen LogP contribution is 2.23. The first-order valence-corrected chi connectivity index (χ1v) is 18.2. The quantitative estimate of drug-likeness (QED) is 0.0597. The Bertz CT molecular complexity index is 1240. The molecule has 0 saturated carbocycles. The van der Waals surface area contributed by atoms with Gasteiger partial charge in [0.2, 0.25) is 0 Å². The van der Waals surface area contributed by atoms with Crippen molar-refractivity contribution in [3.63, 3.8) is 0 Å². The van der Waals surface area contributed by atoms with Crippen molar-refractivity contribution in [2.24, 2.45) is 5.92 Å². The second-order valence-electron chi connectivity index (χ2n) is 13.0. The van der Waals surface area contributed by atoms with E-state index in [1.807, 2.05) is 19.1 Å². The van der Waals surface area contributed by atoms with Crippen LogP contribution in [0.3, 0.4) is 0 Å². The van der Waals surface area contributed by atoms with E-state index in [-0.39, 0.29) is 5.97 Å². The molecule has 1 unspecified atom stereocenters. The molecule has 0 amide bonds. The maximum Gasteiger partial charge on any atom is 0.343 e. The highest BCUT2D eigenvalue weighted by atomic mass is 16.5. The Kier molecular flexibility index (Phi) is 17.9. The van der Waals surface area contributed by atoms with Crippen molar-refractivity contribution in [1.82, 2.24) is 0 Å². The Morgan fingerprint density at radius 2 is 0.978 bits per heavy atom. The lowest BCUT2D eigenvalue weighted by Gasteiger charge is -2.10. The predicted octanol–water partition coefficient (Wildman–Crippen LogP) is 12.2. The first-order chi connectivity index (χ1) is 22.5. The van der Waals surface area contributed by atoms with E-state index in [2.05, 4.69) is 38.1 Å². The van der Waals surface area contributed by atoms with Gasteiger partial charge in [-0.05, 0) is 71.8 Å². The molecule has 250 valence electrons. The molecule has 0 bridgehead atoms. The van der Waals surface area contributed by atoms with E-state index < -0.39 is 5.97 Å². The molecule has 0 fully saturated rings. The molecule has 0 heterocycles. The largest absolute Gasteiger partial charge is 0.462 e. The molecule has 0 radical (unpaired) electrons. The average molecular weight is 627 g/mol. The van der Waals surface area contributed by atoms with Crippen LogP contribution in [0.5, 0.6) is 5.75 Å². The van der Waals surface area contributed by atoms with E-state index in [9.17, 15) is 9.59 Å². The molecule has 0 aliphatic heterocycles. The van der Waals surface area contributed by atoms with Crippen molar-refractivity contribution >= 4 is 11.9 Å². The molecule has 0 aliphatic rings. The highest BCUT2D eigenvalue weighted by molar-refractivity contribution is 5.92. The first-order valence-electron chi connectivity index (χ1n) is 18.2. The molecule has 3 aromatic rings. The fourth-order valence-corrected chi connectivity index (χ4v) is 5.61. The minimum absolute atomic E-state index is 0.323. The van der Waals surface area contributed by atoms with Gasteiger partial charge >= 0.3 is 11.9 Å². The van der Waals surface area contributed by atoms with Crippen molar-refractivity contribution in [2.75, 3.05) is 6.61 Å². The summed E-state index contributed by atoms with van der Waals surface area (Å²) in [6, 6.07) is 22.8. The number of unbranched alkanes of at least 4 members (excludes halogenated alkanes) is 14. The van der Waals surface area contributed by atoms with Gasteiger partial charge in [-0.1, -0.05) is 153 Å². The summed E-state index contributed by atoms with van der Waals surface area (Å²) in [7, 11) is 0. The summed E-state index contributed by atoms with van der Waals surface area (Å²) in [6.07, 6.45) is 22.9. The third-order valence-corrected chi connectivity index (χ3v) is 8.97. The Hall–Kier alpha value is -3.40. The van der Waals surface area contributed by atoms with Crippen LogP contribution in [-0.4, -0.2) is 18.5 Å². The van der Waals surface area contributed by atoms with Crippen LogP contribution in [-0.2, 0) is 11.2 Å². The summed E-state index contributed by atoms with van der Waals surface area (Å²) in [4.78, 5) is 24.9. The summed E-state index contributed by atoms with van der Waals surface area (Å²) in [6.45, 7) is 6.79. The van der Waals surface area contributed by atoms with E-state index in [0.29, 0.717) is 29.4 Å². The molecule has 0 spiro atoms. The number of benzene rings is 3. The summed E-state index contributed by atoms with van der Waals surface area (Å²) in [5.41, 5.74) is 4.50. The Morgan fingerprint density at radius 1 is 0.543 bits per heavy atom. The van der Waals surface area contributed by atoms with E-state index in [4.69, 9.17) is 9.47 Å². The minimum atomic E-state index is -0.433. The van der Waals surface area contributed by atoms with Crippen LogP contribution >= 0.6 is 0 Å². The topological polar surface area (TPSA) is 52.6 Å². The normalized spacial score (nSPS) is 11.7. The van der Waals surface area contributed by atoms with Crippen molar-refractivity contribution in [1.29, 1.82) is 0 Å². The molecule has 3 aromatic carbocycles. The zero-order valence-electron chi connectivity index (χ0n) is 28.9. The molecular weight excluding hydrogens is 568 g/mol. The van der Waals surface area contributed by atoms with Gasteiger partial charge in [-0.15, -0.1) is 0 Å². The Balaban J connectivity index is 1.29. The molecule has 4 heteroatoms. The van der Waals surface area contributed by atoms with Crippen LogP contribution in [0.15, 0.2) is 72.8 Å². The van der Waals surface area contributed by atoms with E-state index in [1.54, 1.807) is 36.4 Å². The molecule has 4 nitrogen and oxygen atoms in total. The molecule has 0 aromatic heterocycles. The van der Waals surface area contributed by atoms with Gasteiger partial charge in [0.15, 0.2) is 0 Å². The van der Waals surface area contributed by atoms with Gasteiger partial charge < -0.3 is 9.47 Å². The lowest BCUT2D eigenvalue weighted by molar-refractivity contribution is 0.0447. The molecule has 3 rings (SSSR count). The number of carbonyl (C=O) groups is 2. The molecule has 0 aliphatic carbocycles. The number of ether oxygens (including phenoxy) is 2. The maximum absolute atomic E-state index is 12.7. The van der Waals surface area contributed by atoms with E-state index in [1.165, 1.54) is 102 Å². The minimum Gasteiger partial charge on any atom is -0.462 e. The van der Waals surface area contributed by atoms with Crippen molar-refractivity contribution < 1.29 is 19.1 Å². The second kappa shape index (κ2) is 22.2. The Labute approximate surface area is 279 Å². The van der Waals surface area contributed by atoms with Gasteiger partial charge in [0.1, 0.15) is 5.75 Å². The van der Waals surface area contributed by atoms with Gasteiger partial charge in [0.05, 0.1) is 17.7 Å². The summed E-state index contributed by atoms with van der Waals surface area (Å²) >= 11 is 0. The van der Waals surface area contributed by atoms with Crippen LogP contribution in [0.4, 0.5) is 0 Å². The average Bonchev–Trinajstić information content (AvgIpc) is 3.09. The number of hydrogen-bond donors (Lipinski definition) is 0. The van der Waals surface area contributed by atoms with Crippen LogP contribution in [0.1, 0.15) is 150 Å². The maximum atomic E-state index is 12.7. The van der Waals surface area contributed by atoms with Gasteiger partial charge in [0.25, 0.3) is 0 Å². The first kappa shape index (κ1) is 37.1. The number of rotatable bonds is 23. The van der Waals surface area contributed by atoms with Gasteiger partial charge in [-0.2, -0.15) is 0 Å². The number of aryl methyl sites for hydroxylation is 1. The van der Waals surface area contributed by atoms with Gasteiger partial charge in [-0.25, -0.2) is 9.59 Å². The number of hydrogen-bond acceptors (Lipinski definition) is 4. The molecule has 0 saturated heterocycles. The smallest absolute Gasteiger partial charge is 0.343 e. The van der Waals surface area contributed by atoms with Crippen LogP contribution in [0, 0.1) is 5.92 Å². The molecular formula is C42H58O4. The standard InChI is InChI=1S/C42H58O4/c1-4-6-7-8-9-10-11-12-13-14-15-16-17-18-19-20-35-21-23-36(24-22-35)37-25-27-39(28-26-37)42(44)46-40-31-29-38(30-32-40)41(43)45-33-34(3)5-2/h21-32,34H,4-20,33H2,1-3H3. The monoisotopic (exact) mass is 626 g/mol. The Morgan fingerprint density at radius 3 is 1.48 bits per heavy atom. The lowest BCUT2D eigenvalue weighted by atomic mass is 10.00. The van der Waals surface area contributed by atoms with Crippen molar-refractivity contribution in [3.05, 3.63) is 89.5 Å². The van der Waals surface area contributed by atoms with E-state index in [0.717, 1.165) is 24.0 Å². The van der Waals surface area contributed by atoms with Crippen molar-refractivity contribution in [3.8, 4) is 16.9 Å². The summed E-state index contributed by atoms with van der Waals surface area (Å²) in [5, 5.41) is 0. The zero-order valence-corrected chi connectivity index (χ0v) is 28.9. The van der Waals surface area contributed by atoms with Crippen LogP contribution < -0.4 is 4.74 Å². The van der Waals surface area contributed by atoms with Crippen LogP contribution in [0.25, 0.3) is 11.1 Å². The molecule has 46 heavy (non-hydrogen) atoms. The summed E-state index contributed by atoms with van der Waals surface area (Å²) < 4.78 is 10.9. The summed E-state index contributed by atoms with van der Waals surface area (Å²) in [5.74, 6) is -0.0926.